The molecule has 1 aliphatic rings. The fraction of sp³-hybridized carbons (Fsp3) is 0.526. The van der Waals surface area contributed by atoms with E-state index in [1.807, 2.05) is 12.1 Å². The van der Waals surface area contributed by atoms with E-state index in [0.29, 0.717) is 0 Å². The summed E-state index contributed by atoms with van der Waals surface area (Å²) in [5, 5.41) is 3.46. The van der Waals surface area contributed by atoms with Gasteiger partial charge >= 0.3 is 0 Å². The van der Waals surface area contributed by atoms with Crippen LogP contribution in [-0.4, -0.2) is 41.0 Å². The molecule has 0 spiro atoms. The van der Waals surface area contributed by atoms with Crippen LogP contribution in [0.4, 0.5) is 5.69 Å². The van der Waals surface area contributed by atoms with Crippen LogP contribution in [0.15, 0.2) is 29.6 Å². The molecule has 0 atom stereocenters. The number of nitrogens with two attached hydrogens (primary N) is 1. The van der Waals surface area contributed by atoms with Crippen LogP contribution in [0.25, 0.3) is 0 Å². The Labute approximate surface area is 149 Å². The van der Waals surface area contributed by atoms with Crippen LogP contribution >= 0.6 is 11.3 Å². The first-order chi connectivity index (χ1) is 11.4. The van der Waals surface area contributed by atoms with Gasteiger partial charge in [-0.25, -0.2) is 4.98 Å². The van der Waals surface area contributed by atoms with E-state index in [0.717, 1.165) is 45.0 Å². The summed E-state index contributed by atoms with van der Waals surface area (Å²) in [5.41, 5.74) is 9.39. The fourth-order valence-corrected chi connectivity index (χ4v) is 3.91. The highest BCUT2D eigenvalue weighted by atomic mass is 32.1. The van der Waals surface area contributed by atoms with Crippen LogP contribution in [0.5, 0.6) is 0 Å². The van der Waals surface area contributed by atoms with Gasteiger partial charge in [-0.3, -0.25) is 9.80 Å². The molecular formula is C19H28N4S. The van der Waals surface area contributed by atoms with Crippen molar-refractivity contribution in [2.24, 2.45) is 0 Å². The third-order valence-electron chi connectivity index (χ3n) is 4.40. The van der Waals surface area contributed by atoms with Crippen molar-refractivity contribution in [1.29, 1.82) is 0 Å². The highest BCUT2D eigenvalue weighted by Crippen LogP contribution is 2.26. The Bertz CT molecular complexity index is 666. The minimum Gasteiger partial charge on any atom is -0.399 e. The molecule has 2 aromatic rings. The number of rotatable bonds is 4. The zero-order valence-corrected chi connectivity index (χ0v) is 15.8. The number of nitrogens with zero attached hydrogens (tertiary/aromatic N) is 3. The van der Waals surface area contributed by atoms with Gasteiger partial charge < -0.3 is 5.73 Å². The number of aromatic nitrogens is 1. The normalized spacial score (nSPS) is 17.3. The predicted octanol–water partition coefficient (Wildman–Crippen LogP) is 3.34. The van der Waals surface area contributed by atoms with Gasteiger partial charge in [0.1, 0.15) is 0 Å². The maximum atomic E-state index is 5.87. The van der Waals surface area contributed by atoms with Crippen LogP contribution in [0.2, 0.25) is 0 Å². The van der Waals surface area contributed by atoms with Gasteiger partial charge in [0.25, 0.3) is 0 Å². The molecule has 130 valence electrons. The summed E-state index contributed by atoms with van der Waals surface area (Å²) in [4.78, 5) is 9.84. The van der Waals surface area contributed by atoms with Crippen LogP contribution in [0, 0.1) is 0 Å². The van der Waals surface area contributed by atoms with Gasteiger partial charge in [-0.05, 0) is 17.7 Å². The first kappa shape index (κ1) is 17.4. The predicted molar refractivity (Wildman–Crippen MR) is 102 cm³/mol. The zero-order chi connectivity index (χ0) is 17.2. The minimum atomic E-state index is 0.152. The Morgan fingerprint density at radius 3 is 2.33 bits per heavy atom. The van der Waals surface area contributed by atoms with E-state index in [1.165, 1.54) is 16.3 Å². The van der Waals surface area contributed by atoms with E-state index < -0.39 is 0 Å². The second kappa shape index (κ2) is 7.21. The van der Waals surface area contributed by atoms with Gasteiger partial charge in [0.2, 0.25) is 0 Å². The molecule has 0 bridgehead atoms. The summed E-state index contributed by atoms with van der Waals surface area (Å²) < 4.78 is 0. The van der Waals surface area contributed by atoms with Crippen molar-refractivity contribution >= 4 is 17.0 Å². The molecule has 4 nitrogen and oxygen atoms in total. The molecule has 1 saturated heterocycles. The fourth-order valence-electron chi connectivity index (χ4n) is 3.01. The van der Waals surface area contributed by atoms with E-state index in [-0.39, 0.29) is 5.41 Å². The van der Waals surface area contributed by atoms with E-state index in [9.17, 15) is 0 Å². The van der Waals surface area contributed by atoms with E-state index in [2.05, 4.69) is 48.1 Å². The van der Waals surface area contributed by atoms with Gasteiger partial charge in [0.15, 0.2) is 0 Å². The molecular weight excluding hydrogens is 316 g/mol. The Balaban J connectivity index is 1.49. The second-order valence-electron chi connectivity index (χ2n) is 7.69. The molecule has 1 aromatic heterocycles. The summed E-state index contributed by atoms with van der Waals surface area (Å²) in [6.07, 6.45) is 0. The molecule has 24 heavy (non-hydrogen) atoms. The molecule has 3 rings (SSSR count). The monoisotopic (exact) mass is 344 g/mol. The molecule has 2 N–H and O–H groups in total. The molecule has 2 heterocycles. The van der Waals surface area contributed by atoms with Gasteiger partial charge in [0, 0.05) is 55.8 Å². The average molecular weight is 345 g/mol. The van der Waals surface area contributed by atoms with Crippen LogP contribution in [0.3, 0.4) is 0 Å². The number of hydrogen-bond donors (Lipinski definition) is 1. The van der Waals surface area contributed by atoms with Crippen molar-refractivity contribution in [1.82, 2.24) is 14.8 Å². The van der Waals surface area contributed by atoms with Crippen molar-refractivity contribution < 1.29 is 0 Å². The summed E-state index contributed by atoms with van der Waals surface area (Å²) in [6, 6.07) is 8.22. The second-order valence-corrected chi connectivity index (χ2v) is 8.55. The Hall–Kier alpha value is -1.43. The number of piperazine rings is 1. The summed E-state index contributed by atoms with van der Waals surface area (Å²) in [5.74, 6) is 0. The Morgan fingerprint density at radius 1 is 1.08 bits per heavy atom. The first-order valence-corrected chi connectivity index (χ1v) is 9.52. The lowest BCUT2D eigenvalue weighted by Gasteiger charge is -2.34. The van der Waals surface area contributed by atoms with Gasteiger partial charge in [0.05, 0.1) is 10.7 Å². The standard InChI is InChI=1S/C19H28N4S/c1-19(2,3)18-21-17(14-24-18)13-23-9-7-22(8-10-23)12-15-5-4-6-16(20)11-15/h4-6,11,14H,7-10,12-13,20H2,1-3H3. The topological polar surface area (TPSA) is 45.4 Å². The lowest BCUT2D eigenvalue weighted by atomic mass is 9.98. The number of hydrogen-bond acceptors (Lipinski definition) is 5. The smallest absolute Gasteiger partial charge is 0.0982 e. The molecule has 1 aromatic carbocycles. The van der Waals surface area contributed by atoms with Gasteiger partial charge in [-0.15, -0.1) is 11.3 Å². The SMILES string of the molecule is CC(C)(C)c1nc(CN2CCN(Cc3cccc(N)c3)CC2)cs1. The van der Waals surface area contributed by atoms with Gasteiger partial charge in [-0.2, -0.15) is 0 Å². The molecule has 1 fully saturated rings. The minimum absolute atomic E-state index is 0.152. The maximum absolute atomic E-state index is 5.87. The van der Waals surface area contributed by atoms with Gasteiger partial charge in [-0.1, -0.05) is 32.9 Å². The average Bonchev–Trinajstić information content (AvgIpc) is 2.98. The van der Waals surface area contributed by atoms with E-state index in [4.69, 9.17) is 10.7 Å². The Morgan fingerprint density at radius 2 is 1.75 bits per heavy atom. The lowest BCUT2D eigenvalue weighted by Crippen LogP contribution is -2.45. The first-order valence-electron chi connectivity index (χ1n) is 8.64. The maximum Gasteiger partial charge on any atom is 0.0982 e. The summed E-state index contributed by atoms with van der Waals surface area (Å²) in [6.45, 7) is 13.0. The van der Waals surface area contributed by atoms with E-state index in [1.54, 1.807) is 11.3 Å². The zero-order valence-electron chi connectivity index (χ0n) is 15.0. The van der Waals surface area contributed by atoms with Crippen molar-refractivity contribution in [2.75, 3.05) is 31.9 Å². The van der Waals surface area contributed by atoms with Crippen molar-refractivity contribution in [3.05, 3.63) is 45.9 Å². The number of benzene rings is 1. The van der Waals surface area contributed by atoms with Crippen molar-refractivity contribution in [2.45, 2.75) is 39.3 Å². The Kier molecular flexibility index (Phi) is 5.23. The van der Waals surface area contributed by atoms with Crippen molar-refractivity contribution in [3.8, 4) is 0 Å². The quantitative estimate of drug-likeness (QED) is 0.864. The van der Waals surface area contributed by atoms with Crippen molar-refractivity contribution in [3.63, 3.8) is 0 Å². The summed E-state index contributed by atoms with van der Waals surface area (Å²) >= 11 is 1.79. The number of anilines is 1. The lowest BCUT2D eigenvalue weighted by molar-refractivity contribution is 0.121. The molecule has 0 unspecified atom stereocenters. The third kappa shape index (κ3) is 4.56. The highest BCUT2D eigenvalue weighted by Gasteiger charge is 2.21. The number of thiazole rings is 1. The number of nitrogen functional groups attached to an aromatic ring is 1. The highest BCUT2D eigenvalue weighted by molar-refractivity contribution is 7.09. The third-order valence-corrected chi connectivity index (χ3v) is 5.72. The largest absolute Gasteiger partial charge is 0.399 e. The molecule has 0 aliphatic carbocycles. The van der Waals surface area contributed by atoms with Crippen LogP contribution < -0.4 is 5.73 Å². The van der Waals surface area contributed by atoms with E-state index >= 15 is 0 Å². The molecule has 0 amide bonds. The van der Waals surface area contributed by atoms with Crippen LogP contribution in [-0.2, 0) is 18.5 Å². The molecule has 0 radical (unpaired) electrons. The molecule has 1 aliphatic heterocycles. The molecule has 0 saturated carbocycles. The molecule has 5 heteroatoms. The van der Waals surface area contributed by atoms with Crippen LogP contribution in [0.1, 0.15) is 37.0 Å². The summed E-state index contributed by atoms with van der Waals surface area (Å²) in [7, 11) is 0.